The van der Waals surface area contributed by atoms with E-state index in [4.69, 9.17) is 15.0 Å². The highest BCUT2D eigenvalue weighted by Crippen LogP contribution is 2.58. The van der Waals surface area contributed by atoms with E-state index in [0.717, 1.165) is 38.9 Å². The molecule has 0 spiro atoms. The van der Waals surface area contributed by atoms with Crippen molar-refractivity contribution in [3.63, 3.8) is 0 Å². The summed E-state index contributed by atoms with van der Waals surface area (Å²) < 4.78 is 0. The molecule has 0 amide bonds. The lowest BCUT2D eigenvalue weighted by Gasteiger charge is -2.34. The van der Waals surface area contributed by atoms with Gasteiger partial charge in [0.15, 0.2) is 17.5 Å². The SMILES string of the molecule is C/C=C\C=C(/C)C1(c2ccc(-c3ccc4ccccc4c3-c3ccc(-c4nc(-c5ccccc5)nc(-c5cccc(-c6ccccc6)c5)n4)cc3)cc2)c2ccccc2-c2c1ccc1ccccc21. The van der Waals surface area contributed by atoms with Gasteiger partial charge in [-0.05, 0) is 103 Å². The smallest absolute Gasteiger partial charge is 0.164 e. The van der Waals surface area contributed by atoms with Crippen LogP contribution in [0.5, 0.6) is 0 Å². The molecule has 0 saturated heterocycles. The summed E-state index contributed by atoms with van der Waals surface area (Å²) in [5.74, 6) is 1.89. The average Bonchev–Trinajstić information content (AvgIpc) is 3.74. The van der Waals surface area contributed by atoms with Crippen molar-refractivity contribution in [3.8, 4) is 78.7 Å². The van der Waals surface area contributed by atoms with Crippen molar-refractivity contribution in [2.24, 2.45) is 0 Å². The Hall–Kier alpha value is -8.79. The molecule has 0 radical (unpaired) electrons. The lowest BCUT2D eigenvalue weighted by atomic mass is 9.67. The van der Waals surface area contributed by atoms with E-state index in [9.17, 15) is 0 Å². The van der Waals surface area contributed by atoms with Crippen molar-refractivity contribution in [2.45, 2.75) is 19.3 Å². The van der Waals surface area contributed by atoms with Crippen molar-refractivity contribution in [3.05, 3.63) is 271 Å². The maximum Gasteiger partial charge on any atom is 0.164 e. The molecule has 3 heteroatoms. The molecule has 1 heterocycles. The molecule has 0 bridgehead atoms. The molecule has 1 atom stereocenters. The van der Waals surface area contributed by atoms with Gasteiger partial charge in [0.2, 0.25) is 0 Å². The summed E-state index contributed by atoms with van der Waals surface area (Å²) in [5.41, 5.74) is 17.0. The quantitative estimate of drug-likeness (QED) is 0.136. The first-order valence-corrected chi connectivity index (χ1v) is 23.7. The normalized spacial score (nSPS) is 14.3. The Morgan fingerprint density at radius 2 is 0.899 bits per heavy atom. The summed E-state index contributed by atoms with van der Waals surface area (Å²) in [6, 6.07) is 82.9. The van der Waals surface area contributed by atoms with E-state index in [-0.39, 0.29) is 0 Å². The van der Waals surface area contributed by atoms with E-state index in [1.54, 1.807) is 0 Å². The van der Waals surface area contributed by atoms with E-state index in [0.29, 0.717) is 17.5 Å². The Bertz CT molecular complexity index is 3780. The zero-order valence-electron chi connectivity index (χ0n) is 38.5. The van der Waals surface area contributed by atoms with Crippen LogP contribution in [0.3, 0.4) is 0 Å². The standard InChI is InChI=1S/C66H47N3/c1-3-4-18-44(2)66(59-30-16-15-29-58(59)62-56-28-14-12-22-47(56)38-42-60(62)66)54-39-35-48(36-40-54)57-41-37-46-21-11-13-27-55(46)61(57)49-31-33-51(34-32-49)64-67-63(50-23-9-6-10-24-50)68-65(69-64)53-26-17-25-52(43-53)45-19-7-5-8-20-45/h3-43H,1-2H3/b4-3-,44-18+. The Kier molecular flexibility index (Phi) is 10.5. The number of allylic oxidation sites excluding steroid dienone is 4. The van der Waals surface area contributed by atoms with Crippen molar-refractivity contribution in [1.29, 1.82) is 0 Å². The summed E-state index contributed by atoms with van der Waals surface area (Å²) in [6.07, 6.45) is 6.59. The van der Waals surface area contributed by atoms with Crippen molar-refractivity contribution < 1.29 is 0 Å². The second kappa shape index (κ2) is 17.5. The number of hydrogen-bond acceptors (Lipinski definition) is 3. The maximum atomic E-state index is 5.14. The van der Waals surface area contributed by atoms with Crippen molar-refractivity contribution in [1.82, 2.24) is 15.0 Å². The number of aromatic nitrogens is 3. The Morgan fingerprint density at radius 1 is 0.377 bits per heavy atom. The molecule has 0 aliphatic heterocycles. The van der Waals surface area contributed by atoms with Crippen LogP contribution in [0.25, 0.3) is 100 Å². The van der Waals surface area contributed by atoms with E-state index >= 15 is 0 Å². The fraction of sp³-hybridized carbons (Fsp3) is 0.0455. The highest BCUT2D eigenvalue weighted by atomic mass is 15.0. The lowest BCUT2D eigenvalue weighted by molar-refractivity contribution is 0.747. The first-order chi connectivity index (χ1) is 34.1. The maximum absolute atomic E-state index is 5.14. The molecule has 1 aliphatic carbocycles. The largest absolute Gasteiger partial charge is 0.208 e. The van der Waals surface area contributed by atoms with E-state index in [2.05, 4.69) is 238 Å². The number of benzene rings is 10. The Morgan fingerprint density at radius 3 is 1.59 bits per heavy atom. The number of nitrogens with zero attached hydrogens (tertiary/aromatic N) is 3. The van der Waals surface area contributed by atoms with Gasteiger partial charge in [-0.15, -0.1) is 0 Å². The van der Waals surface area contributed by atoms with Crippen LogP contribution in [-0.2, 0) is 5.41 Å². The van der Waals surface area contributed by atoms with Gasteiger partial charge in [0.05, 0.1) is 5.41 Å². The molecular weight excluding hydrogens is 835 g/mol. The van der Waals surface area contributed by atoms with Crippen LogP contribution in [0.15, 0.2) is 254 Å². The molecule has 10 aromatic carbocycles. The van der Waals surface area contributed by atoms with E-state index in [1.807, 2.05) is 24.3 Å². The minimum atomic E-state index is -0.476. The molecule has 1 unspecified atom stereocenters. The minimum absolute atomic E-state index is 0.476. The van der Waals surface area contributed by atoms with Crippen LogP contribution in [0.4, 0.5) is 0 Å². The van der Waals surface area contributed by atoms with Crippen LogP contribution in [0.2, 0.25) is 0 Å². The fourth-order valence-electron chi connectivity index (χ4n) is 10.7. The number of fused-ring (bicyclic) bond motifs is 6. The molecule has 69 heavy (non-hydrogen) atoms. The molecule has 0 N–H and O–H groups in total. The third kappa shape index (κ3) is 7.19. The van der Waals surface area contributed by atoms with Gasteiger partial charge in [-0.3, -0.25) is 0 Å². The second-order valence-corrected chi connectivity index (χ2v) is 17.9. The molecular formula is C66H47N3. The van der Waals surface area contributed by atoms with Gasteiger partial charge in [0.1, 0.15) is 0 Å². The summed E-state index contributed by atoms with van der Waals surface area (Å²) >= 11 is 0. The highest BCUT2D eigenvalue weighted by Gasteiger charge is 2.46. The summed E-state index contributed by atoms with van der Waals surface area (Å²) in [5, 5.41) is 4.93. The molecule has 12 rings (SSSR count). The lowest BCUT2D eigenvalue weighted by Crippen LogP contribution is -2.28. The van der Waals surface area contributed by atoms with Crippen LogP contribution in [0, 0.1) is 0 Å². The minimum Gasteiger partial charge on any atom is -0.208 e. The number of hydrogen-bond donors (Lipinski definition) is 0. The predicted octanol–water partition coefficient (Wildman–Crippen LogP) is 17.0. The van der Waals surface area contributed by atoms with Gasteiger partial charge in [-0.2, -0.15) is 0 Å². The van der Waals surface area contributed by atoms with Crippen molar-refractivity contribution in [2.75, 3.05) is 0 Å². The zero-order chi connectivity index (χ0) is 46.3. The molecule has 3 nitrogen and oxygen atoms in total. The highest BCUT2D eigenvalue weighted by molar-refractivity contribution is 6.06. The topological polar surface area (TPSA) is 38.7 Å². The van der Waals surface area contributed by atoms with Gasteiger partial charge < -0.3 is 0 Å². The Labute approximate surface area is 403 Å². The van der Waals surface area contributed by atoms with E-state index in [1.165, 1.54) is 66.1 Å². The zero-order valence-corrected chi connectivity index (χ0v) is 38.5. The van der Waals surface area contributed by atoms with E-state index < -0.39 is 5.41 Å². The predicted molar refractivity (Wildman–Crippen MR) is 288 cm³/mol. The summed E-state index contributed by atoms with van der Waals surface area (Å²) in [7, 11) is 0. The van der Waals surface area contributed by atoms with Gasteiger partial charge in [-0.25, -0.2) is 15.0 Å². The Balaban J connectivity index is 0.970. The van der Waals surface area contributed by atoms with Gasteiger partial charge in [0.25, 0.3) is 0 Å². The van der Waals surface area contributed by atoms with Crippen molar-refractivity contribution >= 4 is 21.5 Å². The summed E-state index contributed by atoms with van der Waals surface area (Å²) in [6.45, 7) is 4.38. The van der Waals surface area contributed by atoms with Crippen LogP contribution >= 0.6 is 0 Å². The molecule has 1 aromatic heterocycles. The fourth-order valence-corrected chi connectivity index (χ4v) is 10.7. The second-order valence-electron chi connectivity index (χ2n) is 17.9. The number of rotatable bonds is 9. The first-order valence-electron chi connectivity index (χ1n) is 23.7. The first kappa shape index (κ1) is 41.6. The average molecular weight is 882 g/mol. The molecule has 0 saturated carbocycles. The van der Waals surface area contributed by atoms with Gasteiger partial charge in [0, 0.05) is 16.7 Å². The van der Waals surface area contributed by atoms with Gasteiger partial charge >= 0.3 is 0 Å². The van der Waals surface area contributed by atoms with Crippen LogP contribution in [0.1, 0.15) is 30.5 Å². The third-order valence-electron chi connectivity index (χ3n) is 13.9. The molecule has 326 valence electrons. The molecule has 1 aliphatic rings. The van der Waals surface area contributed by atoms with Crippen LogP contribution in [-0.4, -0.2) is 15.0 Å². The van der Waals surface area contributed by atoms with Gasteiger partial charge in [-0.1, -0.05) is 248 Å². The summed E-state index contributed by atoms with van der Waals surface area (Å²) in [4.78, 5) is 15.3. The van der Waals surface area contributed by atoms with Crippen LogP contribution < -0.4 is 0 Å². The monoisotopic (exact) mass is 881 g/mol. The third-order valence-corrected chi connectivity index (χ3v) is 13.9. The molecule has 0 fully saturated rings. The molecule has 11 aromatic rings.